The predicted octanol–water partition coefficient (Wildman–Crippen LogP) is 6.26. The average Bonchev–Trinajstić information content (AvgIpc) is 2.80. The van der Waals surface area contributed by atoms with Crippen LogP contribution in [0.2, 0.25) is 0 Å². The van der Waals surface area contributed by atoms with E-state index < -0.39 is 6.03 Å². The second-order valence-corrected chi connectivity index (χ2v) is 6.97. The Balaban J connectivity index is 0.00000193. The van der Waals surface area contributed by atoms with E-state index in [1.165, 1.54) is 0 Å². The summed E-state index contributed by atoms with van der Waals surface area (Å²) in [5.74, 6) is 0.930. The molecule has 4 rings (SSSR count). The van der Waals surface area contributed by atoms with Crippen LogP contribution in [-0.4, -0.2) is 23.1 Å². The first-order chi connectivity index (χ1) is 15.1. The first-order valence-electron chi connectivity index (χ1n) is 9.84. The molecule has 4 aromatic rings. The molecule has 158 valence electrons. The highest BCUT2D eigenvalue weighted by atomic mass is 16.5. The number of rotatable bonds is 5. The van der Waals surface area contributed by atoms with E-state index in [0.717, 1.165) is 22.4 Å². The Labute approximate surface area is 183 Å². The van der Waals surface area contributed by atoms with Crippen molar-refractivity contribution in [1.82, 2.24) is 9.97 Å². The summed E-state index contributed by atoms with van der Waals surface area (Å²) in [6.45, 7) is 1.95. The first kappa shape index (κ1) is 20.1. The standard InChI is InChI=1S/C25H22N4O2.2H2/c1-17-13-14-21(31-2)20(15-17)27-25(30)29-22-16-26-23(18-9-5-3-6-10-18)24(28-22)19-11-7-4-8-12-19;;/h3-16H,1-2H3,(H2,27,28,29,30);2*1H. The van der Waals surface area contributed by atoms with Crippen molar-refractivity contribution in [2.75, 3.05) is 17.7 Å². The first-order valence-corrected chi connectivity index (χ1v) is 9.84. The van der Waals surface area contributed by atoms with E-state index in [9.17, 15) is 4.79 Å². The molecule has 0 radical (unpaired) electrons. The quantitative estimate of drug-likeness (QED) is 0.404. The van der Waals surface area contributed by atoms with E-state index in [1.54, 1.807) is 13.3 Å². The molecule has 0 aliphatic rings. The second kappa shape index (κ2) is 9.09. The number of methoxy groups -OCH3 is 1. The van der Waals surface area contributed by atoms with Gasteiger partial charge in [-0.2, -0.15) is 0 Å². The van der Waals surface area contributed by atoms with E-state index in [-0.39, 0.29) is 2.85 Å². The summed E-state index contributed by atoms with van der Waals surface area (Å²) in [6.07, 6.45) is 1.56. The second-order valence-electron chi connectivity index (χ2n) is 6.97. The minimum Gasteiger partial charge on any atom is -0.495 e. The van der Waals surface area contributed by atoms with Gasteiger partial charge in [0.05, 0.1) is 30.4 Å². The number of hydrogen-bond acceptors (Lipinski definition) is 4. The Morgan fingerprint density at radius 2 is 1.52 bits per heavy atom. The van der Waals surface area contributed by atoms with Crippen molar-refractivity contribution in [2.24, 2.45) is 0 Å². The molecular formula is C25H26N4O2. The maximum absolute atomic E-state index is 12.6. The zero-order chi connectivity index (χ0) is 21.6. The van der Waals surface area contributed by atoms with Crippen LogP contribution in [0.15, 0.2) is 85.1 Å². The molecule has 2 N–H and O–H groups in total. The molecular weight excluding hydrogens is 388 g/mol. The van der Waals surface area contributed by atoms with Gasteiger partial charge in [-0.25, -0.2) is 9.78 Å². The van der Waals surface area contributed by atoms with Crippen LogP contribution < -0.4 is 15.4 Å². The third-order valence-electron chi connectivity index (χ3n) is 4.71. The molecule has 0 fully saturated rings. The number of aromatic nitrogens is 2. The van der Waals surface area contributed by atoms with Gasteiger partial charge in [-0.1, -0.05) is 66.7 Å². The lowest BCUT2D eigenvalue weighted by Gasteiger charge is -2.13. The van der Waals surface area contributed by atoms with Gasteiger partial charge < -0.3 is 10.1 Å². The number of aryl methyl sites for hydroxylation is 1. The summed E-state index contributed by atoms with van der Waals surface area (Å²) in [6, 6.07) is 24.8. The smallest absolute Gasteiger partial charge is 0.325 e. The minimum atomic E-state index is -0.426. The van der Waals surface area contributed by atoms with E-state index in [1.807, 2.05) is 85.8 Å². The van der Waals surface area contributed by atoms with E-state index in [0.29, 0.717) is 22.9 Å². The van der Waals surface area contributed by atoms with Gasteiger partial charge in [0.15, 0.2) is 5.82 Å². The molecule has 0 atom stereocenters. The largest absolute Gasteiger partial charge is 0.495 e. The van der Waals surface area contributed by atoms with Crippen LogP contribution in [0.25, 0.3) is 22.5 Å². The number of hydrogen-bond donors (Lipinski definition) is 2. The van der Waals surface area contributed by atoms with Gasteiger partial charge in [0.25, 0.3) is 0 Å². The van der Waals surface area contributed by atoms with Crippen molar-refractivity contribution >= 4 is 17.5 Å². The number of benzene rings is 3. The van der Waals surface area contributed by atoms with Gasteiger partial charge in [-0.15, -0.1) is 0 Å². The number of anilines is 2. The average molecular weight is 415 g/mol. The molecule has 0 saturated carbocycles. The summed E-state index contributed by atoms with van der Waals surface area (Å²) >= 11 is 0. The maximum Gasteiger partial charge on any atom is 0.325 e. The van der Waals surface area contributed by atoms with Crippen LogP contribution in [0.5, 0.6) is 5.75 Å². The van der Waals surface area contributed by atoms with Crippen LogP contribution >= 0.6 is 0 Å². The van der Waals surface area contributed by atoms with Gasteiger partial charge in [-0.05, 0) is 24.6 Å². The molecule has 0 aliphatic heterocycles. The third-order valence-corrected chi connectivity index (χ3v) is 4.71. The van der Waals surface area contributed by atoms with Crippen molar-refractivity contribution in [2.45, 2.75) is 6.92 Å². The predicted molar refractivity (Wildman–Crippen MR) is 128 cm³/mol. The van der Waals surface area contributed by atoms with Gasteiger partial charge >= 0.3 is 6.03 Å². The molecule has 0 aliphatic carbocycles. The molecule has 0 saturated heterocycles. The van der Waals surface area contributed by atoms with Crippen LogP contribution in [0.3, 0.4) is 0 Å². The molecule has 2 amide bonds. The number of nitrogens with zero attached hydrogens (tertiary/aromatic N) is 2. The summed E-state index contributed by atoms with van der Waals surface area (Å²) in [4.78, 5) is 21.9. The van der Waals surface area contributed by atoms with Crippen LogP contribution in [0, 0.1) is 6.92 Å². The number of ether oxygens (including phenoxy) is 1. The Morgan fingerprint density at radius 1 is 0.871 bits per heavy atom. The Kier molecular flexibility index (Phi) is 5.89. The highest BCUT2D eigenvalue weighted by Crippen LogP contribution is 2.30. The van der Waals surface area contributed by atoms with Crippen molar-refractivity contribution in [1.29, 1.82) is 0 Å². The van der Waals surface area contributed by atoms with Crippen LogP contribution in [-0.2, 0) is 0 Å². The summed E-state index contributed by atoms with van der Waals surface area (Å²) in [7, 11) is 1.56. The lowest BCUT2D eigenvalue weighted by molar-refractivity contribution is 0.262. The van der Waals surface area contributed by atoms with Gasteiger partial charge in [-0.3, -0.25) is 10.3 Å². The SMILES string of the molecule is COc1ccc(C)cc1NC(=O)Nc1cnc(-c2ccccc2)c(-c2ccccc2)n1.[HH].[HH]. The molecule has 1 heterocycles. The molecule has 0 bridgehead atoms. The number of nitrogens with one attached hydrogen (secondary N) is 2. The molecule has 6 nitrogen and oxygen atoms in total. The molecule has 6 heteroatoms. The number of carbonyl (C=O) groups excluding carboxylic acids is 1. The van der Waals surface area contributed by atoms with Crippen molar-refractivity contribution in [3.8, 4) is 28.3 Å². The highest BCUT2D eigenvalue weighted by molar-refractivity contribution is 6.00. The van der Waals surface area contributed by atoms with Crippen LogP contribution in [0.4, 0.5) is 16.3 Å². The zero-order valence-electron chi connectivity index (χ0n) is 17.3. The zero-order valence-corrected chi connectivity index (χ0v) is 17.3. The molecule has 0 unspecified atom stereocenters. The lowest BCUT2D eigenvalue weighted by atomic mass is 10.0. The number of amides is 2. The molecule has 3 aromatic carbocycles. The topological polar surface area (TPSA) is 76.1 Å². The van der Waals surface area contributed by atoms with Crippen molar-refractivity contribution in [3.63, 3.8) is 0 Å². The van der Waals surface area contributed by atoms with Crippen molar-refractivity contribution < 1.29 is 12.4 Å². The summed E-state index contributed by atoms with van der Waals surface area (Å²) in [5, 5.41) is 5.58. The Morgan fingerprint density at radius 3 is 2.16 bits per heavy atom. The fraction of sp³-hybridized carbons (Fsp3) is 0.0800. The number of carbonyl (C=O) groups is 1. The normalized spacial score (nSPS) is 10.4. The van der Waals surface area contributed by atoms with E-state index >= 15 is 0 Å². The third kappa shape index (κ3) is 4.70. The van der Waals surface area contributed by atoms with Gasteiger partial charge in [0.1, 0.15) is 5.75 Å². The molecule has 0 spiro atoms. The van der Waals surface area contributed by atoms with Gasteiger partial charge in [0, 0.05) is 14.0 Å². The van der Waals surface area contributed by atoms with Gasteiger partial charge in [0.2, 0.25) is 0 Å². The van der Waals surface area contributed by atoms with Crippen LogP contribution in [0.1, 0.15) is 8.42 Å². The van der Waals surface area contributed by atoms with E-state index in [2.05, 4.69) is 15.6 Å². The maximum atomic E-state index is 12.6. The number of urea groups is 1. The fourth-order valence-corrected chi connectivity index (χ4v) is 3.24. The minimum absolute atomic E-state index is 0. The fourth-order valence-electron chi connectivity index (χ4n) is 3.24. The summed E-state index contributed by atoms with van der Waals surface area (Å²) < 4.78 is 5.32. The lowest BCUT2D eigenvalue weighted by Crippen LogP contribution is -2.21. The molecule has 31 heavy (non-hydrogen) atoms. The Bertz CT molecular complexity index is 1210. The monoisotopic (exact) mass is 414 g/mol. The summed E-state index contributed by atoms with van der Waals surface area (Å²) in [5.41, 5.74) is 4.90. The molecule has 1 aromatic heterocycles. The highest BCUT2D eigenvalue weighted by Gasteiger charge is 2.14. The van der Waals surface area contributed by atoms with E-state index in [4.69, 9.17) is 9.72 Å². The van der Waals surface area contributed by atoms with Crippen molar-refractivity contribution in [3.05, 3.63) is 90.6 Å². The Hall–Kier alpha value is -4.19.